The number of fused-ring (bicyclic) bond motifs is 1. The summed E-state index contributed by atoms with van der Waals surface area (Å²) in [7, 11) is 0. The molecule has 0 aliphatic carbocycles. The van der Waals surface area contributed by atoms with E-state index in [1.54, 1.807) is 0 Å². The Hall–Kier alpha value is -7.04. The van der Waals surface area contributed by atoms with E-state index in [0.29, 0.717) is 5.82 Å². The van der Waals surface area contributed by atoms with Crippen molar-refractivity contribution in [2.24, 2.45) is 0 Å². The summed E-state index contributed by atoms with van der Waals surface area (Å²) in [6.07, 6.45) is 7.46. The second-order valence-corrected chi connectivity index (χ2v) is 12.8. The van der Waals surface area contributed by atoms with Crippen molar-refractivity contribution in [1.82, 2.24) is 19.9 Å². The van der Waals surface area contributed by atoms with Crippen molar-refractivity contribution < 1.29 is 0 Å². The van der Waals surface area contributed by atoms with Gasteiger partial charge in [-0.25, -0.2) is 9.97 Å². The summed E-state index contributed by atoms with van der Waals surface area (Å²) in [5, 5.41) is 2.39. The number of hydrogen-bond donors (Lipinski definition) is 0. The molecule has 52 heavy (non-hydrogen) atoms. The number of rotatable bonds is 7. The number of hydrogen-bond acceptors (Lipinski definition) is 4. The summed E-state index contributed by atoms with van der Waals surface area (Å²) in [5.74, 6) is 0.710. The Morgan fingerprint density at radius 2 is 0.731 bits per heavy atom. The molecule has 0 bridgehead atoms. The Bertz CT molecular complexity index is 2530. The molecule has 0 amide bonds. The van der Waals surface area contributed by atoms with Crippen LogP contribution in [0.1, 0.15) is 0 Å². The molecule has 0 saturated heterocycles. The first-order valence-corrected chi connectivity index (χ1v) is 17.4. The molecule has 0 radical (unpaired) electrons. The van der Waals surface area contributed by atoms with Crippen LogP contribution in [-0.4, -0.2) is 19.9 Å². The summed E-state index contributed by atoms with van der Waals surface area (Å²) in [4.78, 5) is 18.8. The van der Waals surface area contributed by atoms with E-state index in [2.05, 4.69) is 131 Å². The molecule has 0 aliphatic rings. The Labute approximate surface area is 302 Å². The predicted octanol–water partition coefficient (Wildman–Crippen LogP) is 12.1. The normalized spacial score (nSPS) is 11.1. The molecule has 0 fully saturated rings. The Morgan fingerprint density at radius 1 is 0.288 bits per heavy atom. The fourth-order valence-electron chi connectivity index (χ4n) is 6.87. The van der Waals surface area contributed by atoms with Crippen molar-refractivity contribution >= 4 is 10.8 Å². The maximum Gasteiger partial charge on any atom is 0.160 e. The number of pyridine rings is 2. The Balaban J connectivity index is 1.13. The van der Waals surface area contributed by atoms with Crippen LogP contribution in [0.5, 0.6) is 0 Å². The van der Waals surface area contributed by atoms with Gasteiger partial charge in [0.15, 0.2) is 5.82 Å². The molecule has 0 aliphatic heterocycles. The fraction of sp³-hybridized carbons (Fsp3) is 0. The van der Waals surface area contributed by atoms with E-state index in [9.17, 15) is 0 Å². The van der Waals surface area contributed by atoms with Crippen LogP contribution in [0.2, 0.25) is 0 Å². The highest BCUT2D eigenvalue weighted by Gasteiger charge is 2.14. The molecule has 244 valence electrons. The summed E-state index contributed by atoms with van der Waals surface area (Å²) in [5.41, 5.74) is 13.9. The van der Waals surface area contributed by atoms with Crippen LogP contribution in [0.15, 0.2) is 195 Å². The lowest BCUT2D eigenvalue weighted by Gasteiger charge is -2.15. The third-order valence-electron chi connectivity index (χ3n) is 9.48. The average Bonchev–Trinajstić information content (AvgIpc) is 3.24. The molecule has 4 nitrogen and oxygen atoms in total. The molecule has 9 rings (SSSR count). The molecule has 0 saturated carbocycles. The minimum Gasteiger partial charge on any atom is -0.264 e. The molecule has 0 N–H and O–H groups in total. The number of benzene rings is 6. The summed E-state index contributed by atoms with van der Waals surface area (Å²) < 4.78 is 0. The third-order valence-corrected chi connectivity index (χ3v) is 9.48. The largest absolute Gasteiger partial charge is 0.264 e. The monoisotopic (exact) mass is 664 g/mol. The fourth-order valence-corrected chi connectivity index (χ4v) is 6.87. The van der Waals surface area contributed by atoms with Crippen LogP contribution in [0.4, 0.5) is 0 Å². The van der Waals surface area contributed by atoms with E-state index in [1.165, 1.54) is 21.9 Å². The van der Waals surface area contributed by atoms with E-state index in [1.807, 2.05) is 73.3 Å². The standard InChI is InChI=1S/C48H32N4/c1-3-11-34(12-4-1)46-30-47(52-48(51-46)36-13-5-2-6-14-36)35-21-19-33(20-22-35)42-23-24-43(45-18-8-7-17-44(42)45)41-28-39(37-15-9-25-49-31-37)27-40(29-41)38-16-10-26-50-32-38/h1-32H. The zero-order valence-corrected chi connectivity index (χ0v) is 28.3. The first kappa shape index (κ1) is 31.0. The third kappa shape index (κ3) is 6.14. The van der Waals surface area contributed by atoms with Crippen molar-refractivity contribution in [3.63, 3.8) is 0 Å². The van der Waals surface area contributed by atoms with Gasteiger partial charge in [0.25, 0.3) is 0 Å². The molecule has 0 unspecified atom stereocenters. The second kappa shape index (κ2) is 13.7. The first-order chi connectivity index (χ1) is 25.8. The summed E-state index contributed by atoms with van der Waals surface area (Å²) >= 11 is 0. The smallest absolute Gasteiger partial charge is 0.160 e. The Morgan fingerprint density at radius 3 is 1.27 bits per heavy atom. The van der Waals surface area contributed by atoms with E-state index < -0.39 is 0 Å². The zero-order valence-electron chi connectivity index (χ0n) is 28.3. The molecular weight excluding hydrogens is 633 g/mol. The zero-order chi connectivity index (χ0) is 34.7. The molecule has 9 aromatic rings. The lowest BCUT2D eigenvalue weighted by atomic mass is 9.89. The van der Waals surface area contributed by atoms with Crippen LogP contribution < -0.4 is 0 Å². The van der Waals surface area contributed by atoms with Crippen molar-refractivity contribution in [3.05, 3.63) is 195 Å². The topological polar surface area (TPSA) is 51.6 Å². The van der Waals surface area contributed by atoms with Gasteiger partial charge in [0, 0.05) is 52.6 Å². The van der Waals surface area contributed by atoms with Crippen LogP contribution in [0.25, 0.3) is 89.2 Å². The SMILES string of the molecule is c1ccc(-c2cc(-c3ccc(-c4ccc(-c5cc(-c6cccnc6)cc(-c6cccnc6)c5)c5ccccc45)cc3)nc(-c3ccccc3)n2)cc1. The van der Waals surface area contributed by atoms with E-state index >= 15 is 0 Å². The lowest BCUT2D eigenvalue weighted by molar-refractivity contribution is 1.18. The summed E-state index contributed by atoms with van der Waals surface area (Å²) in [6, 6.07) is 59.4. The van der Waals surface area contributed by atoms with Crippen LogP contribution in [-0.2, 0) is 0 Å². The maximum absolute atomic E-state index is 5.04. The van der Waals surface area contributed by atoms with Gasteiger partial charge in [0.1, 0.15) is 0 Å². The first-order valence-electron chi connectivity index (χ1n) is 17.4. The molecule has 6 aromatic carbocycles. The molecule has 4 heteroatoms. The number of nitrogens with zero attached hydrogens (tertiary/aromatic N) is 4. The minimum absolute atomic E-state index is 0.710. The maximum atomic E-state index is 5.04. The van der Waals surface area contributed by atoms with Gasteiger partial charge in [0.05, 0.1) is 11.4 Å². The van der Waals surface area contributed by atoms with Gasteiger partial charge >= 0.3 is 0 Å². The van der Waals surface area contributed by atoms with Gasteiger partial charge in [-0.3, -0.25) is 9.97 Å². The van der Waals surface area contributed by atoms with Gasteiger partial charge in [-0.2, -0.15) is 0 Å². The van der Waals surface area contributed by atoms with E-state index in [4.69, 9.17) is 9.97 Å². The van der Waals surface area contributed by atoms with Crippen molar-refractivity contribution in [2.75, 3.05) is 0 Å². The van der Waals surface area contributed by atoms with E-state index in [-0.39, 0.29) is 0 Å². The average molecular weight is 665 g/mol. The van der Waals surface area contributed by atoms with Crippen LogP contribution in [0.3, 0.4) is 0 Å². The predicted molar refractivity (Wildman–Crippen MR) is 213 cm³/mol. The number of aromatic nitrogens is 4. The van der Waals surface area contributed by atoms with Crippen molar-refractivity contribution in [3.8, 4) is 78.4 Å². The highest BCUT2D eigenvalue weighted by atomic mass is 14.9. The molecular formula is C48H32N4. The van der Waals surface area contributed by atoms with Gasteiger partial charge in [0.2, 0.25) is 0 Å². The van der Waals surface area contributed by atoms with Gasteiger partial charge in [-0.05, 0) is 80.6 Å². The van der Waals surface area contributed by atoms with Gasteiger partial charge in [-0.1, -0.05) is 133 Å². The van der Waals surface area contributed by atoms with Gasteiger partial charge < -0.3 is 0 Å². The highest BCUT2D eigenvalue weighted by Crippen LogP contribution is 2.39. The van der Waals surface area contributed by atoms with Crippen molar-refractivity contribution in [2.45, 2.75) is 0 Å². The van der Waals surface area contributed by atoms with Crippen LogP contribution >= 0.6 is 0 Å². The second-order valence-electron chi connectivity index (χ2n) is 12.8. The highest BCUT2D eigenvalue weighted by molar-refractivity contribution is 6.05. The molecule has 3 heterocycles. The summed E-state index contributed by atoms with van der Waals surface area (Å²) in [6.45, 7) is 0. The van der Waals surface area contributed by atoms with E-state index in [0.717, 1.165) is 61.5 Å². The molecule has 3 aromatic heterocycles. The van der Waals surface area contributed by atoms with Crippen molar-refractivity contribution in [1.29, 1.82) is 0 Å². The Kier molecular flexibility index (Phi) is 8.16. The van der Waals surface area contributed by atoms with Gasteiger partial charge in [-0.15, -0.1) is 0 Å². The molecule has 0 spiro atoms. The lowest BCUT2D eigenvalue weighted by Crippen LogP contribution is -1.95. The quantitative estimate of drug-likeness (QED) is 0.170. The molecule has 0 atom stereocenters. The van der Waals surface area contributed by atoms with Crippen LogP contribution in [0, 0.1) is 0 Å². The minimum atomic E-state index is 0.710.